The predicted octanol–water partition coefficient (Wildman–Crippen LogP) is -9.60. The maximum Gasteiger partial charge on any atom is 1.00 e. The summed E-state index contributed by atoms with van der Waals surface area (Å²) in [5.74, 6) is -0.289. The van der Waals surface area contributed by atoms with Gasteiger partial charge in [-0.05, 0) is 0 Å². The number of aliphatic hydroxyl groups is 2. The summed E-state index contributed by atoms with van der Waals surface area (Å²) >= 11 is 0. The van der Waals surface area contributed by atoms with Crippen molar-refractivity contribution in [3.63, 3.8) is 0 Å². The van der Waals surface area contributed by atoms with Crippen LogP contribution in [0.4, 0.5) is 11.8 Å². The molecule has 7 rings (SSSR count). The van der Waals surface area contributed by atoms with Gasteiger partial charge < -0.3 is 59.0 Å². The fraction of sp³-hybridized carbons (Fsp3) is 0.500. The first kappa shape index (κ1) is 36.8. The largest absolute Gasteiger partial charge is 1.00 e. The van der Waals surface area contributed by atoms with Gasteiger partial charge in [0.1, 0.15) is 48.5 Å². The van der Waals surface area contributed by atoms with Crippen LogP contribution in [0.3, 0.4) is 0 Å². The van der Waals surface area contributed by atoms with Gasteiger partial charge >= 0.3 is 59.1 Å². The van der Waals surface area contributed by atoms with Gasteiger partial charge in [0, 0.05) is 0 Å². The molecule has 2 bridgehead atoms. The molecule has 0 amide bonds. The molecule has 0 spiro atoms. The van der Waals surface area contributed by atoms with E-state index in [1.54, 1.807) is 0 Å². The number of nitrogen functional groups attached to an aromatic ring is 2. The minimum atomic E-state index is -5.36. The van der Waals surface area contributed by atoms with Crippen LogP contribution in [0.15, 0.2) is 23.8 Å². The van der Waals surface area contributed by atoms with Crippen molar-refractivity contribution in [1.29, 1.82) is 0 Å². The van der Waals surface area contributed by atoms with E-state index in [2.05, 4.69) is 29.9 Å². The topological polar surface area (TPSA) is 335 Å². The van der Waals surface area contributed by atoms with E-state index in [9.17, 15) is 33.9 Å². The summed E-state index contributed by atoms with van der Waals surface area (Å²) in [6, 6.07) is 0. The van der Waals surface area contributed by atoms with Crippen LogP contribution in [0.5, 0.6) is 0 Å². The summed E-state index contributed by atoms with van der Waals surface area (Å²) < 4.78 is 60.1. The molecule has 27 heteroatoms. The third-order valence-corrected chi connectivity index (χ3v) is 9.24. The molecule has 2 unspecified atom stereocenters. The van der Waals surface area contributed by atoms with Crippen LogP contribution >= 0.6 is 15.6 Å². The number of aromatic amines is 1. The molecule has 4 aromatic heterocycles. The molecular weight excluding hydrogens is 696 g/mol. The SMILES string of the molecule is Nc1nc2c(ncn2[C@@H]2O[C@@H]3COP(=O)([O-])O[C@@H]4[C@H](O)[C@@H](COP(=O)([O-])O[C@H]3[C@H]2O)O[C@H]4n2cnc3c(N)ncnc32)c(=O)[nH]1.[Na+].[Na+]. The summed E-state index contributed by atoms with van der Waals surface area (Å²) in [5.41, 5.74) is 10.6. The Morgan fingerprint density at radius 1 is 0.830 bits per heavy atom. The maximum atomic E-state index is 13.1. The van der Waals surface area contributed by atoms with Gasteiger partial charge in [0.15, 0.2) is 35.1 Å². The van der Waals surface area contributed by atoms with Gasteiger partial charge in [-0.2, -0.15) is 4.98 Å². The zero-order valence-corrected chi connectivity index (χ0v) is 30.1. The van der Waals surface area contributed by atoms with Crippen LogP contribution in [0.1, 0.15) is 12.5 Å². The fourth-order valence-corrected chi connectivity index (χ4v) is 7.15. The third-order valence-electron chi connectivity index (χ3n) is 7.30. The number of aliphatic hydroxyl groups excluding tert-OH is 2. The summed E-state index contributed by atoms with van der Waals surface area (Å²) in [7, 11) is -10.7. The Bertz CT molecular complexity index is 1950. The van der Waals surface area contributed by atoms with Gasteiger partial charge in [-0.25, -0.2) is 19.9 Å². The Kier molecular flexibility index (Phi) is 10.7. The molecule has 0 saturated carbocycles. The number of anilines is 2. The summed E-state index contributed by atoms with van der Waals surface area (Å²) in [4.78, 5) is 60.3. The van der Waals surface area contributed by atoms with Gasteiger partial charge in [-0.1, -0.05) is 0 Å². The van der Waals surface area contributed by atoms with Gasteiger partial charge in [0.25, 0.3) is 21.2 Å². The smallest absolute Gasteiger partial charge is 0.756 e. The molecule has 0 aliphatic carbocycles. The third kappa shape index (κ3) is 6.85. The van der Waals surface area contributed by atoms with Gasteiger partial charge in [-0.15, -0.1) is 0 Å². The van der Waals surface area contributed by atoms with E-state index in [1.807, 2.05) is 0 Å². The van der Waals surface area contributed by atoms with Crippen LogP contribution in [0.25, 0.3) is 22.3 Å². The van der Waals surface area contributed by atoms with Crippen molar-refractivity contribution in [3.8, 4) is 0 Å². The monoisotopic (exact) mass is 718 g/mol. The molecule has 23 nitrogen and oxygen atoms in total. The molecule has 4 aromatic rings. The quantitative estimate of drug-likeness (QED) is 0.0948. The van der Waals surface area contributed by atoms with Crippen LogP contribution in [0.2, 0.25) is 0 Å². The second-order valence-corrected chi connectivity index (χ2v) is 12.8. The molecule has 3 fully saturated rings. The van der Waals surface area contributed by atoms with Crippen molar-refractivity contribution >= 4 is 49.7 Å². The number of phosphoric ester groups is 2. The first-order valence-electron chi connectivity index (χ1n) is 12.9. The van der Waals surface area contributed by atoms with Gasteiger partial charge in [0.2, 0.25) is 5.95 Å². The van der Waals surface area contributed by atoms with E-state index >= 15 is 0 Å². The fourth-order valence-electron chi connectivity index (χ4n) is 5.28. The van der Waals surface area contributed by atoms with Crippen LogP contribution < -0.4 is 85.9 Å². The van der Waals surface area contributed by atoms with Crippen molar-refractivity contribution in [1.82, 2.24) is 39.0 Å². The van der Waals surface area contributed by atoms with E-state index in [0.717, 1.165) is 17.2 Å². The molecular formula is C20H22N10Na2O13P2. The molecule has 7 heterocycles. The number of nitrogens with one attached hydrogen (secondary N) is 1. The van der Waals surface area contributed by atoms with Crippen molar-refractivity contribution in [2.75, 3.05) is 24.7 Å². The van der Waals surface area contributed by atoms with Crippen molar-refractivity contribution in [3.05, 3.63) is 29.3 Å². The van der Waals surface area contributed by atoms with Gasteiger partial charge in [-0.3, -0.25) is 28.0 Å². The Balaban J connectivity index is 0.00000217. The number of rotatable bonds is 2. The number of hydrogen-bond acceptors (Lipinski definition) is 20. The van der Waals surface area contributed by atoms with Crippen LogP contribution in [0, 0.1) is 0 Å². The number of imidazole rings is 2. The van der Waals surface area contributed by atoms with Crippen molar-refractivity contribution < 1.29 is 116 Å². The minimum absolute atomic E-state index is 0. The standard InChI is InChI=1S/C20H24N10O13P2.2Na/c21-14-8-15(24-3-23-14)29(4-25-8)19-13-10(31)6(40-19)1-38-44(34,35)42-12-7(2-39-45(36,37)43-13)41-18(11(12)32)30-5-26-9-16(30)27-20(22)28-17(9)33;;/h3-7,10-13,18-19,31-32H,1-2H2,(H,34,35)(H,36,37)(H2,21,23,24)(H3,22,27,28,33);;/q;2*+1/p-2/t6-,7-,10-,11-,12-,13-,18-,19-;;/m1../s1. The number of H-pyrrole nitrogens is 1. The number of aromatic nitrogens is 8. The summed E-state index contributed by atoms with van der Waals surface area (Å²) in [6.45, 7) is -1.82. The number of fused-ring (bicyclic) bond motifs is 5. The average molecular weight is 718 g/mol. The second-order valence-electron chi connectivity index (χ2n) is 10.1. The molecule has 10 atom stereocenters. The van der Waals surface area contributed by atoms with Gasteiger partial charge in [0.05, 0.1) is 25.9 Å². The number of ether oxygens (including phenoxy) is 2. The molecule has 242 valence electrons. The summed E-state index contributed by atoms with van der Waals surface area (Å²) in [6.07, 6.45) is -9.85. The second kappa shape index (κ2) is 13.7. The van der Waals surface area contributed by atoms with Crippen molar-refractivity contribution in [2.24, 2.45) is 0 Å². The maximum absolute atomic E-state index is 13.1. The minimum Gasteiger partial charge on any atom is -0.756 e. The van der Waals surface area contributed by atoms with E-state index in [4.69, 9.17) is 39.0 Å². The van der Waals surface area contributed by atoms with E-state index in [1.165, 1.54) is 10.9 Å². The Labute approximate surface area is 305 Å². The average Bonchev–Trinajstić information content (AvgIpc) is 3.72. The number of nitrogens with zero attached hydrogens (tertiary/aromatic N) is 7. The zero-order chi connectivity index (χ0) is 31.8. The number of nitrogens with two attached hydrogens (primary N) is 2. The van der Waals surface area contributed by atoms with Crippen LogP contribution in [-0.2, 0) is 36.7 Å². The Hall–Kier alpha value is -1.44. The van der Waals surface area contributed by atoms with E-state index in [0.29, 0.717) is 0 Å². The molecule has 0 aromatic carbocycles. The molecule has 3 saturated heterocycles. The molecule has 0 radical (unpaired) electrons. The van der Waals surface area contributed by atoms with E-state index < -0.39 is 83.5 Å². The number of phosphoric acid groups is 2. The Morgan fingerprint density at radius 3 is 2.13 bits per heavy atom. The molecule has 7 N–H and O–H groups in total. The van der Waals surface area contributed by atoms with Crippen LogP contribution in [-0.4, -0.2) is 99.1 Å². The number of hydrogen-bond donors (Lipinski definition) is 5. The Morgan fingerprint density at radius 2 is 1.43 bits per heavy atom. The normalized spacial score (nSPS) is 36.1. The molecule has 3 aliphatic heterocycles. The zero-order valence-electron chi connectivity index (χ0n) is 24.3. The van der Waals surface area contributed by atoms with Crippen molar-refractivity contribution in [2.45, 2.75) is 49.1 Å². The predicted molar refractivity (Wildman–Crippen MR) is 139 cm³/mol. The molecule has 47 heavy (non-hydrogen) atoms. The first-order valence-corrected chi connectivity index (χ1v) is 15.8. The molecule has 3 aliphatic rings. The van der Waals surface area contributed by atoms with E-state index in [-0.39, 0.29) is 93.2 Å². The first-order chi connectivity index (χ1) is 21.3. The summed E-state index contributed by atoms with van der Waals surface area (Å²) in [5, 5.41) is 22.0.